The third kappa shape index (κ3) is 4.90. The van der Waals surface area contributed by atoms with Crippen LogP contribution >= 0.6 is 27.3 Å². The number of aromatic nitrogens is 2. The predicted molar refractivity (Wildman–Crippen MR) is 128 cm³/mol. The number of fused-ring (bicyclic) bond motifs is 1. The van der Waals surface area contributed by atoms with E-state index in [9.17, 15) is 13.2 Å². The van der Waals surface area contributed by atoms with Gasteiger partial charge in [0.25, 0.3) is 10.0 Å². The molecule has 2 heterocycles. The SMILES string of the molecule is CCOC(=O)c1ccc(Nc2nc3ccccc3nc2NS(=O)(=O)c2ccc(Br)s2)cc1. The van der Waals surface area contributed by atoms with Crippen molar-refractivity contribution in [2.24, 2.45) is 0 Å². The molecule has 0 aliphatic rings. The first kappa shape index (κ1) is 22.2. The van der Waals surface area contributed by atoms with Crippen LogP contribution in [-0.2, 0) is 14.8 Å². The van der Waals surface area contributed by atoms with Crippen molar-refractivity contribution in [1.82, 2.24) is 9.97 Å². The molecule has 2 aromatic heterocycles. The number of rotatable bonds is 7. The minimum absolute atomic E-state index is 0.0580. The Morgan fingerprint density at radius 1 is 1.00 bits per heavy atom. The number of carbonyl (C=O) groups is 1. The number of anilines is 3. The van der Waals surface area contributed by atoms with Crippen molar-refractivity contribution in [2.75, 3.05) is 16.6 Å². The van der Waals surface area contributed by atoms with E-state index in [1.165, 1.54) is 6.07 Å². The number of hydrogen-bond acceptors (Lipinski definition) is 8. The Morgan fingerprint density at radius 2 is 1.66 bits per heavy atom. The summed E-state index contributed by atoms with van der Waals surface area (Å²) >= 11 is 4.37. The number of para-hydroxylation sites is 2. The maximum absolute atomic E-state index is 12.9. The Hall–Kier alpha value is -3.02. The highest BCUT2D eigenvalue weighted by Gasteiger charge is 2.21. The zero-order chi connectivity index (χ0) is 22.7. The van der Waals surface area contributed by atoms with Gasteiger partial charge in [0.05, 0.1) is 27.0 Å². The second kappa shape index (κ2) is 9.23. The minimum Gasteiger partial charge on any atom is -0.462 e. The average molecular weight is 533 g/mol. The molecule has 0 bridgehead atoms. The molecule has 4 rings (SSSR count). The van der Waals surface area contributed by atoms with Crippen LogP contribution < -0.4 is 10.0 Å². The van der Waals surface area contributed by atoms with Crippen LogP contribution in [0.3, 0.4) is 0 Å². The van der Waals surface area contributed by atoms with E-state index >= 15 is 0 Å². The van der Waals surface area contributed by atoms with Crippen LogP contribution in [0.15, 0.2) is 68.7 Å². The summed E-state index contributed by atoms with van der Waals surface area (Å²) < 4.78 is 34.1. The van der Waals surface area contributed by atoms with E-state index in [0.717, 1.165) is 11.3 Å². The Labute approximate surface area is 196 Å². The van der Waals surface area contributed by atoms with Gasteiger partial charge in [0.1, 0.15) is 4.21 Å². The molecule has 11 heteroatoms. The summed E-state index contributed by atoms with van der Waals surface area (Å²) in [5.41, 5.74) is 2.15. The number of sulfonamides is 1. The fourth-order valence-corrected chi connectivity index (χ4v) is 5.84. The Kier molecular flexibility index (Phi) is 6.40. The lowest BCUT2D eigenvalue weighted by atomic mass is 10.2. The van der Waals surface area contributed by atoms with Gasteiger partial charge in [-0.25, -0.2) is 23.2 Å². The Balaban J connectivity index is 1.69. The van der Waals surface area contributed by atoms with Gasteiger partial charge in [0, 0.05) is 5.69 Å². The number of benzene rings is 2. The van der Waals surface area contributed by atoms with Crippen LogP contribution in [0, 0.1) is 0 Å². The second-order valence-corrected chi connectivity index (χ2v) is 10.9. The molecule has 0 aliphatic carbocycles. The van der Waals surface area contributed by atoms with Gasteiger partial charge in [-0.2, -0.15) is 0 Å². The molecule has 0 radical (unpaired) electrons. The van der Waals surface area contributed by atoms with E-state index in [1.807, 2.05) is 6.07 Å². The molecule has 2 aromatic carbocycles. The third-order valence-corrected chi connectivity index (χ3v) is 7.73. The predicted octanol–water partition coefficient (Wildman–Crippen LogP) is 5.17. The average Bonchev–Trinajstić information content (AvgIpc) is 3.22. The molecule has 4 aromatic rings. The molecule has 8 nitrogen and oxygen atoms in total. The van der Waals surface area contributed by atoms with E-state index in [1.54, 1.807) is 55.5 Å². The van der Waals surface area contributed by atoms with Gasteiger partial charge in [-0.05, 0) is 71.4 Å². The number of nitrogens with one attached hydrogen (secondary N) is 2. The smallest absolute Gasteiger partial charge is 0.338 e. The monoisotopic (exact) mass is 532 g/mol. The lowest BCUT2D eigenvalue weighted by Crippen LogP contribution is -2.15. The summed E-state index contributed by atoms with van der Waals surface area (Å²) in [4.78, 5) is 20.9. The summed E-state index contributed by atoms with van der Waals surface area (Å²) in [6, 6.07) is 16.9. The Morgan fingerprint density at radius 3 is 2.25 bits per heavy atom. The third-order valence-electron chi connectivity index (χ3n) is 4.27. The van der Waals surface area contributed by atoms with Crippen molar-refractivity contribution in [3.05, 3.63) is 70.0 Å². The standard InChI is InChI=1S/C21H17BrN4O4S2/c1-2-30-21(27)13-7-9-14(10-8-13)23-19-20(25-16-6-4-3-5-15(16)24-19)26-32(28,29)18-12-11-17(22)31-18/h3-12H,2H2,1H3,(H,23,24)(H,25,26). The van der Waals surface area contributed by atoms with Crippen LogP contribution in [0.25, 0.3) is 11.0 Å². The van der Waals surface area contributed by atoms with Gasteiger partial charge < -0.3 is 10.1 Å². The number of ether oxygens (including phenoxy) is 1. The van der Waals surface area contributed by atoms with Gasteiger partial charge in [-0.15, -0.1) is 11.3 Å². The number of esters is 1. The van der Waals surface area contributed by atoms with Crippen molar-refractivity contribution >= 4 is 71.6 Å². The van der Waals surface area contributed by atoms with Crippen molar-refractivity contribution in [3.63, 3.8) is 0 Å². The topological polar surface area (TPSA) is 110 Å². The van der Waals surface area contributed by atoms with Gasteiger partial charge in [0.15, 0.2) is 11.6 Å². The van der Waals surface area contributed by atoms with Gasteiger partial charge >= 0.3 is 5.97 Å². The van der Waals surface area contributed by atoms with Gasteiger partial charge in [-0.1, -0.05) is 12.1 Å². The highest BCUT2D eigenvalue weighted by molar-refractivity contribution is 9.11. The molecule has 2 N–H and O–H groups in total. The molecular weight excluding hydrogens is 516 g/mol. The van der Waals surface area contributed by atoms with E-state index in [0.29, 0.717) is 26.1 Å². The summed E-state index contributed by atoms with van der Waals surface area (Å²) in [5, 5.41) is 3.08. The molecule has 0 saturated carbocycles. The van der Waals surface area contributed by atoms with E-state index < -0.39 is 16.0 Å². The maximum Gasteiger partial charge on any atom is 0.338 e. The van der Waals surface area contributed by atoms with Crippen LogP contribution in [0.1, 0.15) is 17.3 Å². The van der Waals surface area contributed by atoms with Crippen molar-refractivity contribution in [1.29, 1.82) is 0 Å². The fraction of sp³-hybridized carbons (Fsp3) is 0.0952. The van der Waals surface area contributed by atoms with E-state index in [-0.39, 0.29) is 22.5 Å². The normalized spacial score (nSPS) is 11.3. The van der Waals surface area contributed by atoms with E-state index in [2.05, 4.69) is 35.9 Å². The minimum atomic E-state index is -3.87. The molecule has 0 unspecified atom stereocenters. The summed E-state index contributed by atoms with van der Waals surface area (Å²) in [6.45, 7) is 2.03. The molecule has 0 atom stereocenters. The summed E-state index contributed by atoms with van der Waals surface area (Å²) in [7, 11) is -3.87. The maximum atomic E-state index is 12.9. The van der Waals surface area contributed by atoms with Crippen molar-refractivity contribution < 1.29 is 17.9 Å². The van der Waals surface area contributed by atoms with Gasteiger partial charge in [-0.3, -0.25) is 4.72 Å². The fourth-order valence-electron chi connectivity index (χ4n) is 2.82. The lowest BCUT2D eigenvalue weighted by molar-refractivity contribution is 0.0526. The first-order chi connectivity index (χ1) is 15.4. The molecule has 0 saturated heterocycles. The van der Waals surface area contributed by atoms with Crippen LogP contribution in [0.5, 0.6) is 0 Å². The molecule has 0 aliphatic heterocycles. The van der Waals surface area contributed by atoms with Crippen LogP contribution in [0.2, 0.25) is 0 Å². The zero-order valence-electron chi connectivity index (χ0n) is 16.7. The number of halogens is 1. The molecule has 164 valence electrons. The largest absolute Gasteiger partial charge is 0.462 e. The molecule has 0 fully saturated rings. The van der Waals surface area contributed by atoms with Crippen LogP contribution in [0.4, 0.5) is 17.3 Å². The first-order valence-electron chi connectivity index (χ1n) is 9.45. The Bertz CT molecular complexity index is 1390. The number of carbonyl (C=O) groups excluding carboxylic acids is 1. The highest BCUT2D eigenvalue weighted by Crippen LogP contribution is 2.30. The number of nitrogens with zero attached hydrogens (tertiary/aromatic N) is 2. The molecular formula is C21H17BrN4O4S2. The van der Waals surface area contributed by atoms with Crippen molar-refractivity contribution in [2.45, 2.75) is 11.1 Å². The highest BCUT2D eigenvalue weighted by atomic mass is 79.9. The molecule has 0 spiro atoms. The lowest BCUT2D eigenvalue weighted by Gasteiger charge is -2.13. The first-order valence-corrected chi connectivity index (χ1v) is 12.5. The quantitative estimate of drug-likeness (QED) is 0.315. The van der Waals surface area contributed by atoms with E-state index in [4.69, 9.17) is 4.74 Å². The number of thiophene rings is 1. The molecule has 0 amide bonds. The summed E-state index contributed by atoms with van der Waals surface area (Å²) in [5.74, 6) is -0.130. The van der Waals surface area contributed by atoms with Crippen LogP contribution in [-0.4, -0.2) is 31.0 Å². The second-order valence-electron chi connectivity index (χ2n) is 6.50. The van der Waals surface area contributed by atoms with Crippen molar-refractivity contribution in [3.8, 4) is 0 Å². The zero-order valence-corrected chi connectivity index (χ0v) is 19.9. The summed E-state index contributed by atoms with van der Waals surface area (Å²) in [6.07, 6.45) is 0. The van der Waals surface area contributed by atoms with Gasteiger partial charge in [0.2, 0.25) is 0 Å². The molecule has 32 heavy (non-hydrogen) atoms. The number of hydrogen-bond donors (Lipinski definition) is 2.